The highest BCUT2D eigenvalue weighted by atomic mass is 35.5. The first-order valence-corrected chi connectivity index (χ1v) is 7.98. The molecule has 128 valence electrons. The number of carbonyl (C=O) groups excluding carboxylic acids is 1. The van der Waals surface area contributed by atoms with Gasteiger partial charge in [-0.1, -0.05) is 11.6 Å². The van der Waals surface area contributed by atoms with Crippen LogP contribution in [0.3, 0.4) is 0 Å². The van der Waals surface area contributed by atoms with Crippen LogP contribution in [0.1, 0.15) is 10.4 Å². The molecule has 7 heteroatoms. The molecule has 2 atom stereocenters. The summed E-state index contributed by atoms with van der Waals surface area (Å²) in [6, 6.07) is 3.73. The molecular weight excluding hydrogens is 323 g/mol. The van der Waals surface area contributed by atoms with Gasteiger partial charge in [0.1, 0.15) is 5.82 Å². The predicted molar refractivity (Wildman–Crippen MR) is 86.0 cm³/mol. The van der Waals surface area contributed by atoms with Crippen molar-refractivity contribution in [2.45, 2.75) is 0 Å². The molecule has 0 unspecified atom stereocenters. The van der Waals surface area contributed by atoms with E-state index in [2.05, 4.69) is 0 Å². The highest BCUT2D eigenvalue weighted by molar-refractivity contribution is 6.33. The molecule has 0 saturated carbocycles. The zero-order valence-corrected chi connectivity index (χ0v) is 13.8. The minimum Gasteiger partial charge on any atom is -0.396 e. The molecule has 2 rings (SSSR count). The van der Waals surface area contributed by atoms with Gasteiger partial charge in [-0.05, 0) is 31.2 Å². The molecule has 0 aromatic heterocycles. The van der Waals surface area contributed by atoms with Gasteiger partial charge >= 0.3 is 0 Å². The molecule has 1 aromatic rings. The topological polar surface area (TPSA) is 64.0 Å². The molecule has 1 aliphatic rings. The fourth-order valence-electron chi connectivity index (χ4n) is 3.01. The van der Waals surface area contributed by atoms with Crippen LogP contribution in [-0.2, 0) is 0 Å². The van der Waals surface area contributed by atoms with Crippen LogP contribution in [0.4, 0.5) is 4.39 Å². The second-order valence-electron chi connectivity index (χ2n) is 6.02. The first-order valence-electron chi connectivity index (χ1n) is 7.60. The SMILES string of the molecule is CN(CCO)C[C@@H]1CN(C(=O)c2ccc(F)cc2Cl)C[C@@H]1CO. The number of aliphatic hydroxyl groups excluding tert-OH is 2. The van der Waals surface area contributed by atoms with Gasteiger partial charge in [0.2, 0.25) is 0 Å². The third-order valence-electron chi connectivity index (χ3n) is 4.29. The van der Waals surface area contributed by atoms with Crippen LogP contribution in [0.5, 0.6) is 0 Å². The quantitative estimate of drug-likeness (QED) is 0.810. The van der Waals surface area contributed by atoms with Gasteiger partial charge < -0.3 is 20.0 Å². The van der Waals surface area contributed by atoms with E-state index in [1.54, 1.807) is 4.90 Å². The van der Waals surface area contributed by atoms with Crippen LogP contribution >= 0.6 is 11.6 Å². The number of halogens is 2. The lowest BCUT2D eigenvalue weighted by Crippen LogP contribution is -2.33. The number of nitrogens with zero attached hydrogens (tertiary/aromatic N) is 2. The Hall–Kier alpha value is -1.21. The fraction of sp³-hybridized carbons (Fsp3) is 0.562. The first kappa shape index (κ1) is 18.1. The van der Waals surface area contributed by atoms with Crippen LogP contribution in [0.25, 0.3) is 0 Å². The van der Waals surface area contributed by atoms with Gasteiger partial charge in [0.15, 0.2) is 0 Å². The maximum Gasteiger partial charge on any atom is 0.255 e. The maximum absolute atomic E-state index is 13.1. The molecule has 0 aliphatic carbocycles. The van der Waals surface area contributed by atoms with Crippen molar-refractivity contribution in [1.29, 1.82) is 0 Å². The lowest BCUT2D eigenvalue weighted by molar-refractivity contribution is 0.0779. The van der Waals surface area contributed by atoms with E-state index in [0.29, 0.717) is 26.2 Å². The van der Waals surface area contributed by atoms with Gasteiger partial charge in [-0.2, -0.15) is 0 Å². The molecule has 1 fully saturated rings. The smallest absolute Gasteiger partial charge is 0.255 e. The Morgan fingerprint density at radius 2 is 2.09 bits per heavy atom. The molecule has 1 aliphatic heterocycles. The molecule has 5 nitrogen and oxygen atoms in total. The molecule has 23 heavy (non-hydrogen) atoms. The number of amides is 1. The number of rotatable bonds is 6. The van der Waals surface area contributed by atoms with Crippen LogP contribution in [0, 0.1) is 17.7 Å². The number of likely N-dealkylation sites (N-methyl/N-ethyl adjacent to an activating group) is 1. The lowest BCUT2D eigenvalue weighted by Gasteiger charge is -2.23. The van der Waals surface area contributed by atoms with Gasteiger partial charge in [-0.3, -0.25) is 4.79 Å². The van der Waals surface area contributed by atoms with Crippen LogP contribution < -0.4 is 0 Å². The van der Waals surface area contributed by atoms with E-state index in [1.165, 1.54) is 12.1 Å². The monoisotopic (exact) mass is 344 g/mol. The summed E-state index contributed by atoms with van der Waals surface area (Å²) in [4.78, 5) is 16.2. The summed E-state index contributed by atoms with van der Waals surface area (Å²) in [5.74, 6) is -0.621. The number of hydrogen-bond donors (Lipinski definition) is 2. The summed E-state index contributed by atoms with van der Waals surface area (Å²) in [5, 5.41) is 18.6. The van der Waals surface area contributed by atoms with Crippen molar-refractivity contribution in [2.24, 2.45) is 11.8 Å². The van der Waals surface area contributed by atoms with Crippen LogP contribution in [0.2, 0.25) is 5.02 Å². The Bertz CT molecular complexity index is 558. The third-order valence-corrected chi connectivity index (χ3v) is 4.60. The largest absolute Gasteiger partial charge is 0.396 e. The maximum atomic E-state index is 13.1. The Morgan fingerprint density at radius 3 is 2.70 bits per heavy atom. The molecule has 0 radical (unpaired) electrons. The average molecular weight is 345 g/mol. The van der Waals surface area contributed by atoms with E-state index in [1.807, 2.05) is 11.9 Å². The van der Waals surface area contributed by atoms with E-state index in [9.17, 15) is 14.3 Å². The predicted octanol–water partition coefficient (Wildman–Crippen LogP) is 1.08. The van der Waals surface area contributed by atoms with Crippen molar-refractivity contribution in [1.82, 2.24) is 9.80 Å². The van der Waals surface area contributed by atoms with E-state index >= 15 is 0 Å². The van der Waals surface area contributed by atoms with Crippen LogP contribution in [0.15, 0.2) is 18.2 Å². The highest BCUT2D eigenvalue weighted by Crippen LogP contribution is 2.27. The number of benzene rings is 1. The summed E-state index contributed by atoms with van der Waals surface area (Å²) >= 11 is 5.96. The number of aliphatic hydroxyl groups is 2. The Balaban J connectivity index is 2.07. The van der Waals surface area contributed by atoms with Crippen molar-refractivity contribution < 1.29 is 19.4 Å². The normalized spacial score (nSPS) is 21.2. The van der Waals surface area contributed by atoms with Crippen molar-refractivity contribution in [3.8, 4) is 0 Å². The van der Waals surface area contributed by atoms with E-state index in [-0.39, 0.29) is 41.5 Å². The molecule has 0 bridgehead atoms. The summed E-state index contributed by atoms with van der Waals surface area (Å²) < 4.78 is 13.1. The molecular formula is C16H22ClFN2O3. The Labute approximate surface area is 140 Å². The van der Waals surface area contributed by atoms with E-state index in [4.69, 9.17) is 16.7 Å². The number of hydrogen-bond acceptors (Lipinski definition) is 4. The zero-order chi connectivity index (χ0) is 17.0. The Morgan fingerprint density at radius 1 is 1.39 bits per heavy atom. The Kier molecular flexibility index (Phi) is 6.35. The summed E-state index contributed by atoms with van der Waals surface area (Å²) in [6.45, 7) is 2.26. The second-order valence-corrected chi connectivity index (χ2v) is 6.43. The molecule has 1 heterocycles. The minimum absolute atomic E-state index is 0.00143. The van der Waals surface area contributed by atoms with Crippen molar-refractivity contribution in [3.05, 3.63) is 34.6 Å². The summed E-state index contributed by atoms with van der Waals surface area (Å²) in [6.07, 6.45) is 0. The number of likely N-dealkylation sites (tertiary alicyclic amines) is 1. The highest BCUT2D eigenvalue weighted by Gasteiger charge is 2.36. The molecule has 0 spiro atoms. The second kappa shape index (κ2) is 8.06. The van der Waals surface area contributed by atoms with Crippen molar-refractivity contribution in [2.75, 3.05) is 46.4 Å². The standard InChI is InChI=1S/C16H22ClFN2O3/c1-19(4-5-21)7-11-8-20(9-12(11)10-22)16(23)14-3-2-13(18)6-15(14)17/h2-3,6,11-12,21-22H,4-5,7-10H2,1H3/t11-,12-/m1/s1. The molecule has 1 amide bonds. The molecule has 2 N–H and O–H groups in total. The lowest BCUT2D eigenvalue weighted by atomic mass is 9.96. The van der Waals surface area contributed by atoms with Gasteiger partial charge in [-0.15, -0.1) is 0 Å². The first-order chi connectivity index (χ1) is 11.0. The van der Waals surface area contributed by atoms with Gasteiger partial charge in [0.25, 0.3) is 5.91 Å². The van der Waals surface area contributed by atoms with Crippen molar-refractivity contribution >= 4 is 17.5 Å². The fourth-order valence-corrected chi connectivity index (χ4v) is 3.26. The average Bonchev–Trinajstić information content (AvgIpc) is 2.89. The van der Waals surface area contributed by atoms with Crippen molar-refractivity contribution in [3.63, 3.8) is 0 Å². The minimum atomic E-state index is -0.482. The van der Waals surface area contributed by atoms with Crippen LogP contribution in [-0.4, -0.2) is 72.4 Å². The zero-order valence-electron chi connectivity index (χ0n) is 13.1. The van der Waals surface area contributed by atoms with Gasteiger partial charge in [0.05, 0.1) is 17.2 Å². The van der Waals surface area contributed by atoms with E-state index < -0.39 is 5.82 Å². The molecule has 1 saturated heterocycles. The van der Waals surface area contributed by atoms with E-state index in [0.717, 1.165) is 6.07 Å². The summed E-state index contributed by atoms with van der Waals surface area (Å²) in [5.41, 5.74) is 0.272. The molecule has 1 aromatic carbocycles. The third kappa shape index (κ3) is 4.41. The number of carbonyl (C=O) groups is 1. The van der Waals surface area contributed by atoms with Gasteiger partial charge in [-0.25, -0.2) is 4.39 Å². The summed E-state index contributed by atoms with van der Waals surface area (Å²) in [7, 11) is 1.89. The van der Waals surface area contributed by atoms with Gasteiger partial charge in [0, 0.05) is 38.7 Å².